The van der Waals surface area contributed by atoms with Crippen molar-refractivity contribution in [3.05, 3.63) is 52.7 Å². The van der Waals surface area contributed by atoms with E-state index >= 15 is 0 Å². The molecule has 0 aromatic carbocycles. The maximum Gasteiger partial charge on any atom is 0.188 e. The van der Waals surface area contributed by atoms with Crippen molar-refractivity contribution >= 4 is 22.3 Å². The molecule has 0 amide bonds. The van der Waals surface area contributed by atoms with E-state index in [-0.39, 0.29) is 6.61 Å². The number of fused-ring (bicyclic) bond motifs is 1. The number of hydrogen-bond acceptors (Lipinski definition) is 7. The summed E-state index contributed by atoms with van der Waals surface area (Å²) in [4.78, 5) is 13.6. The molecule has 9 heteroatoms. The van der Waals surface area contributed by atoms with Crippen molar-refractivity contribution in [1.29, 1.82) is 0 Å². The molecule has 2 N–H and O–H groups in total. The number of aliphatic hydroxyl groups is 1. The predicted molar refractivity (Wildman–Crippen MR) is 112 cm³/mol. The smallest absolute Gasteiger partial charge is 0.188 e. The van der Waals surface area contributed by atoms with E-state index in [0.29, 0.717) is 5.69 Å². The van der Waals surface area contributed by atoms with Crippen LogP contribution in [-0.2, 0) is 26.5 Å². The summed E-state index contributed by atoms with van der Waals surface area (Å²) in [6.45, 7) is 1.77. The van der Waals surface area contributed by atoms with Gasteiger partial charge in [0.1, 0.15) is 11.5 Å². The zero-order valence-electron chi connectivity index (χ0n) is 16.3. The van der Waals surface area contributed by atoms with Gasteiger partial charge in [-0.15, -0.1) is 11.3 Å². The first-order chi connectivity index (χ1) is 14.1. The number of aryl methyl sites for hydroxylation is 3. The van der Waals surface area contributed by atoms with E-state index in [2.05, 4.69) is 20.4 Å². The standard InChI is InChI=1S/C20H21N7OS/c1-12-8-27(11-21-12)18-7-6-15(22-16(18)9-28)17-10-29-20(23-17)24-19-13-4-3-5-14(13)25-26(19)2/h6-8,10-11,28H,3-5,9H2,1-2H3,(H,23,24). The number of pyridine rings is 1. The van der Waals surface area contributed by atoms with Gasteiger partial charge in [0, 0.05) is 24.2 Å². The Morgan fingerprint density at radius 3 is 2.90 bits per heavy atom. The van der Waals surface area contributed by atoms with Crippen molar-refractivity contribution in [2.24, 2.45) is 7.05 Å². The molecule has 0 aliphatic heterocycles. The average molecular weight is 408 g/mol. The zero-order chi connectivity index (χ0) is 20.0. The van der Waals surface area contributed by atoms with Gasteiger partial charge in [-0.2, -0.15) is 5.10 Å². The molecule has 4 heterocycles. The highest BCUT2D eigenvalue weighted by atomic mass is 32.1. The van der Waals surface area contributed by atoms with Gasteiger partial charge in [0.25, 0.3) is 0 Å². The van der Waals surface area contributed by atoms with E-state index in [1.165, 1.54) is 22.6 Å². The highest BCUT2D eigenvalue weighted by Gasteiger charge is 2.21. The Morgan fingerprint density at radius 1 is 1.21 bits per heavy atom. The fourth-order valence-electron chi connectivity index (χ4n) is 3.77. The third-order valence-electron chi connectivity index (χ3n) is 5.15. The highest BCUT2D eigenvalue weighted by molar-refractivity contribution is 7.14. The molecule has 4 aromatic rings. The molecule has 0 bridgehead atoms. The molecule has 0 saturated heterocycles. The van der Waals surface area contributed by atoms with E-state index in [1.54, 1.807) is 6.33 Å². The summed E-state index contributed by atoms with van der Waals surface area (Å²) in [5, 5.41) is 20.6. The number of thiazole rings is 1. The highest BCUT2D eigenvalue weighted by Crippen LogP contribution is 2.32. The molecule has 0 unspecified atom stereocenters. The van der Waals surface area contributed by atoms with Crippen molar-refractivity contribution in [3.63, 3.8) is 0 Å². The van der Waals surface area contributed by atoms with Gasteiger partial charge in [-0.1, -0.05) is 0 Å². The van der Waals surface area contributed by atoms with Crippen LogP contribution in [0.4, 0.5) is 10.9 Å². The Kier molecular flexibility index (Phi) is 4.40. The van der Waals surface area contributed by atoms with Crippen LogP contribution < -0.4 is 5.32 Å². The first kappa shape index (κ1) is 18.0. The number of aliphatic hydroxyl groups excluding tert-OH is 1. The minimum absolute atomic E-state index is 0.156. The molecule has 5 rings (SSSR count). The van der Waals surface area contributed by atoms with Crippen LogP contribution in [-0.4, -0.2) is 34.4 Å². The largest absolute Gasteiger partial charge is 0.390 e. The Balaban J connectivity index is 1.43. The first-order valence-corrected chi connectivity index (χ1v) is 10.4. The summed E-state index contributed by atoms with van der Waals surface area (Å²) < 4.78 is 3.77. The van der Waals surface area contributed by atoms with Crippen LogP contribution in [0.2, 0.25) is 0 Å². The second-order valence-electron chi connectivity index (χ2n) is 7.16. The molecule has 0 saturated carbocycles. The van der Waals surface area contributed by atoms with Crippen molar-refractivity contribution in [2.45, 2.75) is 32.8 Å². The summed E-state index contributed by atoms with van der Waals surface area (Å²) in [5.41, 5.74) is 6.31. The number of aromatic nitrogens is 6. The van der Waals surface area contributed by atoms with Crippen molar-refractivity contribution in [3.8, 4) is 17.1 Å². The van der Waals surface area contributed by atoms with Crippen LogP contribution >= 0.6 is 11.3 Å². The molecule has 148 valence electrons. The monoisotopic (exact) mass is 407 g/mol. The summed E-state index contributed by atoms with van der Waals surface area (Å²) in [5.74, 6) is 1.02. The molecule has 1 aliphatic rings. The van der Waals surface area contributed by atoms with Gasteiger partial charge >= 0.3 is 0 Å². The van der Waals surface area contributed by atoms with Crippen LogP contribution in [0.25, 0.3) is 17.1 Å². The second kappa shape index (κ2) is 7.09. The van der Waals surface area contributed by atoms with Crippen LogP contribution in [0.15, 0.2) is 30.0 Å². The first-order valence-electron chi connectivity index (χ1n) is 9.52. The van der Waals surface area contributed by atoms with Crippen LogP contribution in [0.5, 0.6) is 0 Å². The van der Waals surface area contributed by atoms with Gasteiger partial charge in [-0.05, 0) is 38.3 Å². The van der Waals surface area contributed by atoms with Gasteiger partial charge in [-0.25, -0.2) is 15.0 Å². The number of imidazole rings is 1. The lowest BCUT2D eigenvalue weighted by Crippen LogP contribution is -2.02. The maximum absolute atomic E-state index is 9.82. The number of nitrogens with one attached hydrogen (secondary N) is 1. The number of rotatable bonds is 5. The van der Waals surface area contributed by atoms with E-state index < -0.39 is 0 Å². The molecule has 1 aliphatic carbocycles. The van der Waals surface area contributed by atoms with Crippen molar-refractivity contribution in [2.75, 3.05) is 5.32 Å². The molecule has 0 fully saturated rings. The van der Waals surface area contributed by atoms with Gasteiger partial charge in [0.15, 0.2) is 5.13 Å². The lowest BCUT2D eigenvalue weighted by molar-refractivity contribution is 0.276. The van der Waals surface area contributed by atoms with Crippen LogP contribution in [0, 0.1) is 6.92 Å². The molecule has 8 nitrogen and oxygen atoms in total. The minimum atomic E-state index is -0.156. The summed E-state index contributed by atoms with van der Waals surface area (Å²) in [7, 11) is 1.96. The van der Waals surface area contributed by atoms with E-state index in [4.69, 9.17) is 4.98 Å². The Bertz CT molecular complexity index is 1190. The summed E-state index contributed by atoms with van der Waals surface area (Å²) >= 11 is 1.53. The second-order valence-corrected chi connectivity index (χ2v) is 8.01. The van der Waals surface area contributed by atoms with Gasteiger partial charge in [0.2, 0.25) is 0 Å². The van der Waals surface area contributed by atoms with Gasteiger partial charge < -0.3 is 15.0 Å². The molecule has 0 radical (unpaired) electrons. The molecule has 0 spiro atoms. The van der Waals surface area contributed by atoms with E-state index in [9.17, 15) is 5.11 Å². The fourth-order valence-corrected chi connectivity index (χ4v) is 4.47. The lowest BCUT2D eigenvalue weighted by atomic mass is 10.2. The normalized spacial score (nSPS) is 13.1. The fraction of sp³-hybridized carbons (Fsp3) is 0.300. The number of anilines is 2. The van der Waals surface area contributed by atoms with E-state index in [1.807, 2.05) is 46.9 Å². The molecular formula is C20H21N7OS. The Hall–Kier alpha value is -3.04. The quantitative estimate of drug-likeness (QED) is 0.528. The topological polar surface area (TPSA) is 93.7 Å². The van der Waals surface area contributed by atoms with Crippen LogP contribution in [0.1, 0.15) is 29.1 Å². The zero-order valence-corrected chi connectivity index (χ0v) is 17.1. The van der Waals surface area contributed by atoms with Crippen molar-refractivity contribution < 1.29 is 5.11 Å². The van der Waals surface area contributed by atoms with Crippen molar-refractivity contribution in [1.82, 2.24) is 29.3 Å². The predicted octanol–water partition coefficient (Wildman–Crippen LogP) is 3.16. The molecule has 4 aromatic heterocycles. The molecular weight excluding hydrogens is 386 g/mol. The third kappa shape index (κ3) is 3.22. The Morgan fingerprint density at radius 2 is 2.10 bits per heavy atom. The number of hydrogen-bond donors (Lipinski definition) is 2. The average Bonchev–Trinajstić information content (AvgIpc) is 3.49. The van der Waals surface area contributed by atoms with Gasteiger partial charge in [0.05, 0.1) is 41.4 Å². The maximum atomic E-state index is 9.82. The summed E-state index contributed by atoms with van der Waals surface area (Å²) in [6.07, 6.45) is 6.90. The molecule has 0 atom stereocenters. The van der Waals surface area contributed by atoms with Crippen LogP contribution in [0.3, 0.4) is 0 Å². The molecule has 29 heavy (non-hydrogen) atoms. The number of nitrogens with zero attached hydrogens (tertiary/aromatic N) is 6. The lowest BCUT2D eigenvalue weighted by Gasteiger charge is -2.09. The minimum Gasteiger partial charge on any atom is -0.390 e. The van der Waals surface area contributed by atoms with E-state index in [0.717, 1.165) is 53.0 Å². The third-order valence-corrected chi connectivity index (χ3v) is 5.91. The SMILES string of the molecule is Cc1cn(-c2ccc(-c3csc(Nc4c5c(nn4C)CCC5)n3)nc2CO)cn1. The Labute approximate surface area is 171 Å². The van der Waals surface area contributed by atoms with Gasteiger partial charge in [-0.3, -0.25) is 4.68 Å². The summed E-state index contributed by atoms with van der Waals surface area (Å²) in [6, 6.07) is 3.86.